The van der Waals surface area contributed by atoms with Gasteiger partial charge >= 0.3 is 0 Å². The summed E-state index contributed by atoms with van der Waals surface area (Å²) in [5.41, 5.74) is 0.181. The number of hydrogen-bond donors (Lipinski definition) is 1. The third-order valence-corrected chi connectivity index (χ3v) is 1.55. The molecule has 0 saturated heterocycles. The van der Waals surface area contributed by atoms with E-state index in [4.69, 9.17) is 11.2 Å². The van der Waals surface area contributed by atoms with Gasteiger partial charge in [0.2, 0.25) is 0 Å². The van der Waals surface area contributed by atoms with E-state index in [1.807, 2.05) is 0 Å². The highest BCUT2D eigenvalue weighted by Gasteiger charge is 2.05. The molecule has 0 spiro atoms. The predicted octanol–water partition coefficient (Wildman–Crippen LogP) is 2.12. The molecule has 0 heterocycles. The van der Waals surface area contributed by atoms with Crippen LogP contribution in [0.25, 0.3) is 0 Å². The normalized spacial score (nSPS) is 13.7. The molecule has 44 valence electrons. The second-order valence-electron chi connectivity index (χ2n) is 2.47. The number of nitrogens with one attached hydrogen (secondary N) is 1. The molecule has 0 saturated carbocycles. The molecular formula is C4H11ClNP. The van der Waals surface area contributed by atoms with Crippen molar-refractivity contribution in [3.63, 3.8) is 0 Å². The van der Waals surface area contributed by atoms with E-state index in [-0.39, 0.29) is 5.54 Å². The molecule has 0 amide bonds. The number of halogens is 1. The Morgan fingerprint density at radius 1 is 1.43 bits per heavy atom. The zero-order valence-electron chi connectivity index (χ0n) is 4.88. The quantitative estimate of drug-likeness (QED) is 0.549. The number of rotatable bonds is 1. The van der Waals surface area contributed by atoms with E-state index < -0.39 is 0 Å². The standard InChI is InChI=1S/C4H11ClNP/c1-4(2,3)6-7-5/h6-7H,1-3H3. The summed E-state index contributed by atoms with van der Waals surface area (Å²) in [5.74, 6) is 0. The Morgan fingerprint density at radius 3 is 1.86 bits per heavy atom. The second-order valence-corrected chi connectivity index (χ2v) is 3.48. The fourth-order valence-electron chi connectivity index (χ4n) is 0.142. The third kappa shape index (κ3) is 6.68. The predicted molar refractivity (Wildman–Crippen MR) is 37.1 cm³/mol. The van der Waals surface area contributed by atoms with Gasteiger partial charge in [0.25, 0.3) is 0 Å². The Kier molecular flexibility index (Phi) is 3.14. The first-order valence-electron chi connectivity index (χ1n) is 2.19. The molecule has 0 fully saturated rings. The molecular weight excluding hydrogens is 128 g/mol. The van der Waals surface area contributed by atoms with Crippen molar-refractivity contribution in [3.8, 4) is 0 Å². The molecule has 0 aliphatic carbocycles. The first-order chi connectivity index (χ1) is 3.06. The van der Waals surface area contributed by atoms with Crippen molar-refractivity contribution in [3.05, 3.63) is 0 Å². The zero-order valence-corrected chi connectivity index (χ0v) is 6.63. The average Bonchev–Trinajstić information content (AvgIpc) is 1.30. The van der Waals surface area contributed by atoms with Crippen LogP contribution in [0.5, 0.6) is 0 Å². The first-order valence-corrected chi connectivity index (χ1v) is 4.20. The lowest BCUT2D eigenvalue weighted by molar-refractivity contribution is 0.534. The van der Waals surface area contributed by atoms with E-state index >= 15 is 0 Å². The highest BCUT2D eigenvalue weighted by atomic mass is 35.7. The van der Waals surface area contributed by atoms with Crippen LogP contribution >= 0.6 is 19.3 Å². The molecule has 0 radical (unpaired) electrons. The maximum Gasteiger partial charge on any atom is 0.0455 e. The topological polar surface area (TPSA) is 12.0 Å². The minimum Gasteiger partial charge on any atom is -0.281 e. The number of hydrogen-bond acceptors (Lipinski definition) is 1. The monoisotopic (exact) mass is 139 g/mol. The van der Waals surface area contributed by atoms with E-state index in [0.29, 0.717) is 8.08 Å². The van der Waals surface area contributed by atoms with Crippen molar-refractivity contribution in [2.75, 3.05) is 0 Å². The molecule has 1 nitrogen and oxygen atoms in total. The minimum absolute atomic E-state index is 0.181. The van der Waals surface area contributed by atoms with Crippen molar-refractivity contribution < 1.29 is 0 Å². The molecule has 0 rings (SSSR count). The maximum atomic E-state index is 5.40. The van der Waals surface area contributed by atoms with Crippen LogP contribution in [-0.2, 0) is 0 Å². The molecule has 0 aliphatic rings. The van der Waals surface area contributed by atoms with Gasteiger partial charge in [-0.15, -0.1) is 0 Å². The third-order valence-electron chi connectivity index (χ3n) is 0.422. The van der Waals surface area contributed by atoms with Crippen LogP contribution < -0.4 is 5.09 Å². The molecule has 1 N–H and O–H groups in total. The van der Waals surface area contributed by atoms with Crippen molar-refractivity contribution in [2.45, 2.75) is 26.3 Å². The van der Waals surface area contributed by atoms with Crippen molar-refractivity contribution in [2.24, 2.45) is 0 Å². The lowest BCUT2D eigenvalue weighted by Gasteiger charge is -2.16. The van der Waals surface area contributed by atoms with Crippen LogP contribution in [0.3, 0.4) is 0 Å². The summed E-state index contributed by atoms with van der Waals surface area (Å²) in [6.45, 7) is 6.26. The lowest BCUT2D eigenvalue weighted by Crippen LogP contribution is -2.27. The molecule has 7 heavy (non-hydrogen) atoms. The molecule has 0 bridgehead atoms. The lowest BCUT2D eigenvalue weighted by atomic mass is 10.1. The van der Waals surface area contributed by atoms with Crippen molar-refractivity contribution in [1.82, 2.24) is 5.09 Å². The van der Waals surface area contributed by atoms with Crippen LogP contribution in [0.4, 0.5) is 0 Å². The van der Waals surface area contributed by atoms with Crippen LogP contribution in [0, 0.1) is 0 Å². The summed E-state index contributed by atoms with van der Waals surface area (Å²) < 4.78 is 0. The summed E-state index contributed by atoms with van der Waals surface area (Å²) in [4.78, 5) is 0. The molecule has 0 aliphatic heterocycles. The molecule has 0 aromatic carbocycles. The largest absolute Gasteiger partial charge is 0.281 e. The average molecular weight is 140 g/mol. The van der Waals surface area contributed by atoms with E-state index in [1.165, 1.54) is 0 Å². The van der Waals surface area contributed by atoms with Gasteiger partial charge in [-0.1, -0.05) is 11.2 Å². The summed E-state index contributed by atoms with van der Waals surface area (Å²) in [5, 5.41) is 3.08. The first kappa shape index (κ1) is 7.68. The summed E-state index contributed by atoms with van der Waals surface area (Å²) in [6, 6.07) is 0. The molecule has 1 unspecified atom stereocenters. The fraction of sp³-hybridized carbons (Fsp3) is 1.00. The molecule has 1 atom stereocenters. The zero-order chi connectivity index (χ0) is 5.91. The van der Waals surface area contributed by atoms with Crippen molar-refractivity contribution in [1.29, 1.82) is 0 Å². The minimum atomic E-state index is 0.181. The van der Waals surface area contributed by atoms with E-state index in [1.54, 1.807) is 0 Å². The van der Waals surface area contributed by atoms with Crippen LogP contribution in [0.2, 0.25) is 0 Å². The Hall–Kier alpha value is 0.680. The van der Waals surface area contributed by atoms with Gasteiger partial charge < -0.3 is 0 Å². The van der Waals surface area contributed by atoms with E-state index in [0.717, 1.165) is 0 Å². The molecule has 3 heteroatoms. The van der Waals surface area contributed by atoms with Crippen LogP contribution in [0.15, 0.2) is 0 Å². The van der Waals surface area contributed by atoms with Gasteiger partial charge in [0, 0.05) is 13.6 Å². The fourth-order valence-corrected chi connectivity index (χ4v) is 1.28. The highest BCUT2D eigenvalue weighted by molar-refractivity contribution is 7.66. The molecule has 0 aromatic rings. The Balaban J connectivity index is 3.15. The van der Waals surface area contributed by atoms with E-state index in [2.05, 4.69) is 25.9 Å². The summed E-state index contributed by atoms with van der Waals surface area (Å²) in [7, 11) is 0.331. The molecule has 0 aromatic heterocycles. The van der Waals surface area contributed by atoms with Gasteiger partial charge in [-0.05, 0) is 20.8 Å². The van der Waals surface area contributed by atoms with Gasteiger partial charge in [0.15, 0.2) is 0 Å². The van der Waals surface area contributed by atoms with Crippen molar-refractivity contribution >= 4 is 19.3 Å². The Bertz CT molecular complexity index is 50.1. The van der Waals surface area contributed by atoms with E-state index in [9.17, 15) is 0 Å². The Labute approximate surface area is 51.5 Å². The van der Waals surface area contributed by atoms with Gasteiger partial charge in [0.05, 0.1) is 0 Å². The van der Waals surface area contributed by atoms with Crippen LogP contribution in [-0.4, -0.2) is 5.54 Å². The Morgan fingerprint density at radius 2 is 1.86 bits per heavy atom. The summed E-state index contributed by atoms with van der Waals surface area (Å²) in [6.07, 6.45) is 0. The maximum absolute atomic E-state index is 5.40. The highest BCUT2D eigenvalue weighted by Crippen LogP contribution is 2.15. The van der Waals surface area contributed by atoms with Gasteiger partial charge in [-0.25, -0.2) is 0 Å². The van der Waals surface area contributed by atoms with Gasteiger partial charge in [0.1, 0.15) is 0 Å². The SMILES string of the molecule is CC(C)(C)NPCl. The van der Waals surface area contributed by atoms with Gasteiger partial charge in [-0.3, -0.25) is 5.09 Å². The summed E-state index contributed by atoms with van der Waals surface area (Å²) >= 11 is 5.40. The van der Waals surface area contributed by atoms with Crippen LogP contribution in [0.1, 0.15) is 20.8 Å². The smallest absolute Gasteiger partial charge is 0.0455 e. The second kappa shape index (κ2) is 2.86. The van der Waals surface area contributed by atoms with Gasteiger partial charge in [-0.2, -0.15) is 0 Å².